The van der Waals surface area contributed by atoms with Gasteiger partial charge >= 0.3 is 18.2 Å². The number of benzene rings is 1. The zero-order chi connectivity index (χ0) is 23.3. The Kier molecular flexibility index (Phi) is 7.15. The Balaban J connectivity index is 1.87. The zero-order valence-electron chi connectivity index (χ0n) is 16.3. The molecule has 1 saturated heterocycles. The molecular formula is C19H17ClF3N5O4. The van der Waals surface area contributed by atoms with Crippen LogP contribution >= 0.6 is 11.6 Å². The van der Waals surface area contributed by atoms with Crippen LogP contribution in [0.15, 0.2) is 42.6 Å². The van der Waals surface area contributed by atoms with E-state index < -0.39 is 29.9 Å². The van der Waals surface area contributed by atoms with Crippen molar-refractivity contribution in [1.29, 1.82) is 0 Å². The first-order chi connectivity index (χ1) is 15.1. The minimum Gasteiger partial charge on any atom is -0.334 e. The number of urea groups is 1. The smallest absolute Gasteiger partial charge is 0.334 e. The number of nitrogens with zero attached hydrogens (tertiary/aromatic N) is 2. The molecule has 0 spiro atoms. The molecule has 3 amide bonds. The summed E-state index contributed by atoms with van der Waals surface area (Å²) in [5.41, 5.74) is -0.248. The molecule has 32 heavy (non-hydrogen) atoms. The fraction of sp³-hybridized carbons (Fsp3) is 0.263. The second kappa shape index (κ2) is 9.83. The summed E-state index contributed by atoms with van der Waals surface area (Å²) in [6, 6.07) is 7.19. The Morgan fingerprint density at radius 1 is 1.19 bits per heavy atom. The molecule has 1 aliphatic rings. The van der Waals surface area contributed by atoms with Gasteiger partial charge in [0.15, 0.2) is 5.82 Å². The van der Waals surface area contributed by atoms with Gasteiger partial charge in [-0.15, -0.1) is 5.06 Å². The number of aromatic nitrogens is 1. The summed E-state index contributed by atoms with van der Waals surface area (Å²) >= 11 is 5.73. The lowest BCUT2D eigenvalue weighted by Crippen LogP contribution is -2.41. The van der Waals surface area contributed by atoms with Crippen molar-refractivity contribution in [3.63, 3.8) is 0 Å². The molecule has 1 aromatic heterocycles. The van der Waals surface area contributed by atoms with Crippen molar-refractivity contribution >= 4 is 41.0 Å². The van der Waals surface area contributed by atoms with Crippen LogP contribution in [0.25, 0.3) is 0 Å². The summed E-state index contributed by atoms with van der Waals surface area (Å²) in [6.07, 6.45) is -3.58. The number of rotatable bonds is 4. The van der Waals surface area contributed by atoms with Gasteiger partial charge in [-0.25, -0.2) is 14.6 Å². The number of para-hydroxylation sites is 1. The van der Waals surface area contributed by atoms with Crippen molar-refractivity contribution in [3.8, 4) is 0 Å². The van der Waals surface area contributed by atoms with Gasteiger partial charge in [-0.3, -0.25) is 4.79 Å². The summed E-state index contributed by atoms with van der Waals surface area (Å²) in [4.78, 5) is 44.8. The number of halogens is 4. The molecule has 3 rings (SSSR count). The van der Waals surface area contributed by atoms with Gasteiger partial charge in [-0.05, 0) is 37.2 Å². The average molecular weight is 472 g/mol. The molecule has 1 aliphatic heterocycles. The Hall–Kier alpha value is -3.38. The number of pyridine rings is 1. The van der Waals surface area contributed by atoms with Gasteiger partial charge in [0.1, 0.15) is 0 Å². The number of alkyl halides is 3. The molecule has 9 nitrogen and oxygen atoms in total. The fourth-order valence-electron chi connectivity index (χ4n) is 2.82. The van der Waals surface area contributed by atoms with Crippen LogP contribution in [0.5, 0.6) is 0 Å². The minimum absolute atomic E-state index is 0.0111. The van der Waals surface area contributed by atoms with Crippen molar-refractivity contribution in [3.05, 3.63) is 53.2 Å². The standard InChI is InChI=1S/C19H17ClF3N5O4/c20-11-5-6-15(25-9-11)28(32-17(30)19(21,22)23)16(29)13-3-1-2-4-14(13)27-18(31)26-12-7-8-24-10-12/h1-6,9,12,24H,7-8,10H2,(H2,26,27,31). The molecule has 0 saturated carbocycles. The molecule has 0 bridgehead atoms. The van der Waals surface area contributed by atoms with E-state index in [1.165, 1.54) is 30.3 Å². The number of hydroxylamine groups is 1. The molecule has 13 heteroatoms. The molecule has 170 valence electrons. The van der Waals surface area contributed by atoms with Gasteiger partial charge in [-0.1, -0.05) is 23.7 Å². The van der Waals surface area contributed by atoms with E-state index in [1.54, 1.807) is 0 Å². The maximum atomic E-state index is 13.1. The van der Waals surface area contributed by atoms with E-state index in [9.17, 15) is 27.6 Å². The molecule has 2 heterocycles. The first-order valence-electron chi connectivity index (χ1n) is 9.27. The average Bonchev–Trinajstić information content (AvgIpc) is 3.24. The third-order valence-corrected chi connectivity index (χ3v) is 4.53. The number of hydrogen-bond donors (Lipinski definition) is 3. The number of hydrogen-bond acceptors (Lipinski definition) is 6. The van der Waals surface area contributed by atoms with Crippen LogP contribution in [0.2, 0.25) is 5.02 Å². The highest BCUT2D eigenvalue weighted by Gasteiger charge is 2.44. The number of anilines is 2. The number of carbonyl (C=O) groups is 3. The first-order valence-corrected chi connectivity index (χ1v) is 9.65. The van der Waals surface area contributed by atoms with Crippen molar-refractivity contribution in [2.24, 2.45) is 0 Å². The quantitative estimate of drug-likeness (QED) is 0.591. The number of nitrogens with one attached hydrogen (secondary N) is 3. The maximum Gasteiger partial charge on any atom is 0.493 e. The van der Waals surface area contributed by atoms with E-state index >= 15 is 0 Å². The number of carbonyl (C=O) groups excluding carboxylic acids is 3. The molecule has 1 unspecified atom stereocenters. The lowest BCUT2D eigenvalue weighted by Gasteiger charge is -2.22. The zero-order valence-corrected chi connectivity index (χ0v) is 17.0. The summed E-state index contributed by atoms with van der Waals surface area (Å²) in [6.45, 7) is 1.32. The van der Waals surface area contributed by atoms with Crippen molar-refractivity contribution in [2.75, 3.05) is 23.5 Å². The monoisotopic (exact) mass is 471 g/mol. The normalized spacial score (nSPS) is 15.7. The van der Waals surface area contributed by atoms with E-state index in [4.69, 9.17) is 11.6 Å². The van der Waals surface area contributed by atoms with E-state index in [1.807, 2.05) is 0 Å². The fourth-order valence-corrected chi connectivity index (χ4v) is 2.94. The predicted octanol–water partition coefficient (Wildman–Crippen LogP) is 2.89. The molecular weight excluding hydrogens is 455 g/mol. The highest BCUT2D eigenvalue weighted by molar-refractivity contribution is 6.30. The van der Waals surface area contributed by atoms with Gasteiger partial charge in [-0.2, -0.15) is 13.2 Å². The van der Waals surface area contributed by atoms with Crippen LogP contribution in [0.3, 0.4) is 0 Å². The van der Waals surface area contributed by atoms with Crippen LogP contribution in [0, 0.1) is 0 Å². The topological polar surface area (TPSA) is 113 Å². The maximum absolute atomic E-state index is 13.1. The van der Waals surface area contributed by atoms with E-state index in [-0.39, 0.29) is 27.4 Å². The van der Waals surface area contributed by atoms with Crippen LogP contribution in [0.4, 0.5) is 29.5 Å². The Bertz CT molecular complexity index is 997. The first kappa shape index (κ1) is 23.3. The summed E-state index contributed by atoms with van der Waals surface area (Å²) in [5, 5.41) is 8.51. The minimum atomic E-state index is -5.36. The van der Waals surface area contributed by atoms with E-state index in [2.05, 4.69) is 25.8 Å². The summed E-state index contributed by atoms with van der Waals surface area (Å²) in [7, 11) is 0. The predicted molar refractivity (Wildman–Crippen MR) is 108 cm³/mol. The van der Waals surface area contributed by atoms with Gasteiger partial charge in [0.25, 0.3) is 5.91 Å². The molecule has 2 aromatic rings. The molecule has 1 atom stereocenters. The number of amides is 3. The highest BCUT2D eigenvalue weighted by Crippen LogP contribution is 2.25. The lowest BCUT2D eigenvalue weighted by molar-refractivity contribution is -0.200. The second-order valence-electron chi connectivity index (χ2n) is 6.64. The van der Waals surface area contributed by atoms with Crippen molar-refractivity contribution in [2.45, 2.75) is 18.6 Å². The Morgan fingerprint density at radius 3 is 2.56 bits per heavy atom. The lowest BCUT2D eigenvalue weighted by atomic mass is 10.1. The van der Waals surface area contributed by atoms with E-state index in [0.717, 1.165) is 25.2 Å². The van der Waals surface area contributed by atoms with Crippen LogP contribution < -0.4 is 21.0 Å². The molecule has 0 radical (unpaired) electrons. The van der Waals surface area contributed by atoms with E-state index in [0.29, 0.717) is 6.54 Å². The molecule has 3 N–H and O–H groups in total. The summed E-state index contributed by atoms with van der Waals surface area (Å²) in [5.74, 6) is -4.22. The third-order valence-electron chi connectivity index (χ3n) is 4.31. The third kappa shape index (κ3) is 5.86. The second-order valence-corrected chi connectivity index (χ2v) is 7.08. The largest absolute Gasteiger partial charge is 0.493 e. The Morgan fingerprint density at radius 2 is 1.94 bits per heavy atom. The van der Waals surface area contributed by atoms with Crippen LogP contribution in [0.1, 0.15) is 16.8 Å². The van der Waals surface area contributed by atoms with Gasteiger partial charge in [0.2, 0.25) is 0 Å². The van der Waals surface area contributed by atoms with Crippen molar-refractivity contribution in [1.82, 2.24) is 15.6 Å². The molecule has 1 aromatic carbocycles. The van der Waals surface area contributed by atoms with Gasteiger partial charge in [0.05, 0.1) is 16.3 Å². The SMILES string of the molecule is O=C(Nc1ccccc1C(=O)N(OC(=O)C(F)(F)F)c1ccc(Cl)cn1)NC1CCNC1. The molecule has 1 fully saturated rings. The van der Waals surface area contributed by atoms with Gasteiger partial charge in [0, 0.05) is 18.8 Å². The molecule has 0 aliphatic carbocycles. The van der Waals surface area contributed by atoms with Crippen molar-refractivity contribution < 1.29 is 32.4 Å². The Labute approximate surface area is 184 Å². The summed E-state index contributed by atoms with van der Waals surface area (Å²) < 4.78 is 38.3. The van der Waals surface area contributed by atoms with Gasteiger partial charge < -0.3 is 20.8 Å². The van der Waals surface area contributed by atoms with Crippen LogP contribution in [-0.2, 0) is 9.63 Å². The van der Waals surface area contributed by atoms with Crippen LogP contribution in [-0.4, -0.2) is 48.2 Å². The highest BCUT2D eigenvalue weighted by atomic mass is 35.5.